The lowest BCUT2D eigenvalue weighted by atomic mass is 9.75. The van der Waals surface area contributed by atoms with Crippen LogP contribution in [0.5, 0.6) is 0 Å². The molecule has 0 aromatic rings. The number of hydrogen-bond donors (Lipinski definition) is 4. The van der Waals surface area contributed by atoms with Gasteiger partial charge >= 0.3 is 19.2 Å². The summed E-state index contributed by atoms with van der Waals surface area (Å²) in [5.41, 5.74) is 3.49. The van der Waals surface area contributed by atoms with E-state index in [9.17, 15) is 24.6 Å². The van der Waals surface area contributed by atoms with Gasteiger partial charge in [0.1, 0.15) is 17.2 Å². The van der Waals surface area contributed by atoms with Crippen LogP contribution in [0.2, 0.25) is 6.32 Å². The monoisotopic (exact) mass is 525 g/mol. The van der Waals surface area contributed by atoms with Gasteiger partial charge in [0.25, 0.3) is 0 Å². The van der Waals surface area contributed by atoms with E-state index >= 15 is 0 Å². The molecule has 12 heteroatoms. The predicted molar refractivity (Wildman–Crippen MR) is 137 cm³/mol. The summed E-state index contributed by atoms with van der Waals surface area (Å²) in [5.74, 6) is -1.95. The minimum atomic E-state index is -1.37. The van der Waals surface area contributed by atoms with Crippen molar-refractivity contribution in [3.63, 3.8) is 0 Å². The van der Waals surface area contributed by atoms with E-state index in [2.05, 4.69) is 5.32 Å². The van der Waals surface area contributed by atoms with Gasteiger partial charge in [-0.3, -0.25) is 9.59 Å². The lowest BCUT2D eigenvalue weighted by molar-refractivity contribution is -0.145. The zero-order chi connectivity index (χ0) is 28.0. The largest absolute Gasteiger partial charge is 0.480 e. The van der Waals surface area contributed by atoms with Gasteiger partial charge in [0.05, 0.1) is 17.8 Å². The Kier molecular flexibility index (Phi) is 8.30. The van der Waals surface area contributed by atoms with Gasteiger partial charge in [-0.2, -0.15) is 0 Å². The number of aliphatic hydroxyl groups is 1. The highest BCUT2D eigenvalue weighted by Gasteiger charge is 2.59. The molecule has 3 rings (SSSR count). The van der Waals surface area contributed by atoms with Gasteiger partial charge in [-0.15, -0.1) is 0 Å². The van der Waals surface area contributed by atoms with Crippen LogP contribution in [0, 0.1) is 17.8 Å². The van der Waals surface area contributed by atoms with Crippen molar-refractivity contribution in [3.8, 4) is 0 Å². The number of carboxylic acid groups (broad SMARTS) is 1. The summed E-state index contributed by atoms with van der Waals surface area (Å²) in [4.78, 5) is 39.1. The van der Waals surface area contributed by atoms with Crippen molar-refractivity contribution in [2.45, 2.75) is 102 Å². The van der Waals surface area contributed by atoms with Gasteiger partial charge in [-0.05, 0) is 85.4 Å². The fourth-order valence-corrected chi connectivity index (χ4v) is 5.88. The second kappa shape index (κ2) is 10.4. The first-order chi connectivity index (χ1) is 16.9. The standard InChI is InChI=1S/C25H44BN3O8/c1-22(2,3)35-21(34)28-18(14-30)19(31)29-12-15-11-25(27,20(32)33)17(16(15)13-29)9-8-10-26-36-23(4,5)24(6,7)37-26/h15-18,30H,8-14,27H2,1-7H3,(H,28,34)(H,32,33)/t15-,16+,17-,18-,25-/m0/s1. The van der Waals surface area contributed by atoms with Gasteiger partial charge in [0.15, 0.2) is 0 Å². The van der Waals surface area contributed by atoms with E-state index in [-0.39, 0.29) is 31.3 Å². The molecule has 5 N–H and O–H groups in total. The number of amides is 2. The van der Waals surface area contributed by atoms with Gasteiger partial charge in [-0.1, -0.05) is 6.42 Å². The fourth-order valence-electron chi connectivity index (χ4n) is 5.88. The number of aliphatic hydroxyl groups excluding tert-OH is 1. The van der Waals surface area contributed by atoms with Crippen LogP contribution in [0.4, 0.5) is 4.79 Å². The molecular formula is C25H44BN3O8. The minimum Gasteiger partial charge on any atom is -0.480 e. The number of carbonyl (C=O) groups excluding carboxylic acids is 2. The molecule has 11 nitrogen and oxygen atoms in total. The van der Waals surface area contributed by atoms with Crippen molar-refractivity contribution in [3.05, 3.63) is 0 Å². The first-order valence-corrected chi connectivity index (χ1v) is 13.2. The number of fused-ring (bicyclic) bond motifs is 1. The summed E-state index contributed by atoms with van der Waals surface area (Å²) in [6.45, 7) is 13.2. The maximum absolute atomic E-state index is 13.1. The number of hydrogen-bond acceptors (Lipinski definition) is 8. The number of nitrogens with one attached hydrogen (secondary N) is 1. The number of ether oxygens (including phenoxy) is 1. The SMILES string of the molecule is CC(C)(C)OC(=O)N[C@@H](CO)C(=O)N1C[C@@H]2C[C@@](N)(C(=O)O)[C@@H](CCCB3OC(C)(C)C(C)(C)O3)[C@@H]2C1. The zero-order valence-electron chi connectivity index (χ0n) is 23.2. The Balaban J connectivity index is 1.63. The predicted octanol–water partition coefficient (Wildman–Crippen LogP) is 1.62. The Labute approximate surface area is 219 Å². The lowest BCUT2D eigenvalue weighted by Crippen LogP contribution is -2.54. The summed E-state index contributed by atoms with van der Waals surface area (Å²) in [6, 6.07) is -1.14. The van der Waals surface area contributed by atoms with Crippen LogP contribution in [-0.4, -0.2) is 88.3 Å². The summed E-state index contributed by atoms with van der Waals surface area (Å²) < 4.78 is 17.4. The molecule has 2 aliphatic heterocycles. The van der Waals surface area contributed by atoms with Gasteiger partial charge in [0.2, 0.25) is 5.91 Å². The summed E-state index contributed by atoms with van der Waals surface area (Å²) in [7, 11) is -0.370. The zero-order valence-corrected chi connectivity index (χ0v) is 23.2. The molecular weight excluding hydrogens is 481 g/mol. The Morgan fingerprint density at radius 1 is 1.16 bits per heavy atom. The van der Waals surface area contributed by atoms with Crippen molar-refractivity contribution in [1.82, 2.24) is 10.2 Å². The number of likely N-dealkylation sites (tertiary alicyclic amines) is 1. The third-order valence-corrected chi connectivity index (χ3v) is 8.41. The molecule has 5 atom stereocenters. The van der Waals surface area contributed by atoms with E-state index in [1.165, 1.54) is 0 Å². The molecule has 2 amide bonds. The summed E-state index contributed by atoms with van der Waals surface area (Å²) in [6.07, 6.45) is 1.33. The van der Waals surface area contributed by atoms with E-state index in [0.717, 1.165) is 0 Å². The van der Waals surface area contributed by atoms with Gasteiger partial charge < -0.3 is 40.2 Å². The van der Waals surface area contributed by atoms with Crippen LogP contribution in [-0.2, 0) is 23.6 Å². The molecule has 2 saturated heterocycles. The number of carboxylic acids is 1. The smallest absolute Gasteiger partial charge is 0.457 e. The third-order valence-electron chi connectivity index (χ3n) is 8.41. The fraction of sp³-hybridized carbons (Fsp3) is 0.880. The van der Waals surface area contributed by atoms with Crippen molar-refractivity contribution < 1.29 is 38.6 Å². The average molecular weight is 525 g/mol. The van der Waals surface area contributed by atoms with E-state index in [1.54, 1.807) is 25.7 Å². The molecule has 37 heavy (non-hydrogen) atoms. The molecule has 0 aromatic heterocycles. The van der Waals surface area contributed by atoms with Crippen molar-refractivity contribution in [2.24, 2.45) is 23.5 Å². The second-order valence-electron chi connectivity index (χ2n) is 12.8. The number of carbonyl (C=O) groups is 3. The van der Waals surface area contributed by atoms with Crippen molar-refractivity contribution in [1.29, 1.82) is 0 Å². The molecule has 1 saturated carbocycles. The number of nitrogens with two attached hydrogens (primary N) is 1. The molecule has 0 aromatic carbocycles. The van der Waals surface area contributed by atoms with Crippen LogP contribution in [0.1, 0.15) is 67.7 Å². The number of alkyl carbamates (subject to hydrolysis) is 1. The molecule has 0 radical (unpaired) electrons. The molecule has 0 bridgehead atoms. The molecule has 0 unspecified atom stereocenters. The maximum Gasteiger partial charge on any atom is 0.457 e. The second-order valence-corrected chi connectivity index (χ2v) is 12.8. The number of aliphatic carboxylic acids is 1. The van der Waals surface area contributed by atoms with E-state index in [4.69, 9.17) is 19.8 Å². The van der Waals surface area contributed by atoms with E-state index in [1.807, 2.05) is 27.7 Å². The lowest BCUT2D eigenvalue weighted by Gasteiger charge is -2.32. The molecule has 1 aliphatic carbocycles. The van der Waals surface area contributed by atoms with Crippen LogP contribution in [0.15, 0.2) is 0 Å². The first kappa shape index (κ1) is 29.7. The average Bonchev–Trinajstić information content (AvgIpc) is 3.32. The van der Waals surface area contributed by atoms with Gasteiger partial charge in [0, 0.05) is 13.1 Å². The van der Waals surface area contributed by atoms with Crippen LogP contribution >= 0.6 is 0 Å². The first-order valence-electron chi connectivity index (χ1n) is 13.2. The highest BCUT2D eigenvalue weighted by atomic mass is 16.7. The number of nitrogens with zero attached hydrogens (tertiary/aromatic N) is 1. The molecule has 210 valence electrons. The quantitative estimate of drug-likeness (QED) is 0.345. The summed E-state index contributed by atoms with van der Waals surface area (Å²) in [5, 5.41) is 22.2. The Morgan fingerprint density at radius 2 is 1.76 bits per heavy atom. The van der Waals surface area contributed by atoms with Crippen molar-refractivity contribution in [2.75, 3.05) is 19.7 Å². The normalized spacial score (nSPS) is 31.2. The van der Waals surface area contributed by atoms with E-state index < -0.39 is 53.0 Å². The molecule has 3 fully saturated rings. The Morgan fingerprint density at radius 3 is 2.27 bits per heavy atom. The minimum absolute atomic E-state index is 0.0761. The Hall–Kier alpha value is -1.89. The van der Waals surface area contributed by atoms with Crippen LogP contribution in [0.3, 0.4) is 0 Å². The summed E-state index contributed by atoms with van der Waals surface area (Å²) >= 11 is 0. The van der Waals surface area contributed by atoms with Crippen LogP contribution in [0.25, 0.3) is 0 Å². The molecule has 2 heterocycles. The van der Waals surface area contributed by atoms with Gasteiger partial charge in [-0.25, -0.2) is 4.79 Å². The Bertz CT molecular complexity index is 876. The topological polar surface area (TPSA) is 161 Å². The third kappa shape index (κ3) is 6.24. The molecule has 3 aliphatic rings. The van der Waals surface area contributed by atoms with Crippen LogP contribution < -0.4 is 11.1 Å². The van der Waals surface area contributed by atoms with Crippen molar-refractivity contribution >= 4 is 25.1 Å². The van der Waals surface area contributed by atoms with E-state index in [0.29, 0.717) is 32.3 Å². The highest BCUT2D eigenvalue weighted by molar-refractivity contribution is 6.45. The number of rotatable bonds is 8. The highest BCUT2D eigenvalue weighted by Crippen LogP contribution is 2.50. The maximum atomic E-state index is 13.1. The molecule has 0 spiro atoms.